The van der Waals surface area contributed by atoms with Crippen LogP contribution in [0.1, 0.15) is 16.1 Å². The number of piperazine rings is 1. The summed E-state index contributed by atoms with van der Waals surface area (Å²) in [4.78, 5) is 16.7. The number of benzene rings is 2. The number of nitrogens with one attached hydrogen (secondary N) is 1. The number of halogens is 2. The van der Waals surface area contributed by atoms with Crippen molar-refractivity contribution >= 4 is 17.5 Å². The molecule has 7 heteroatoms. The third-order valence-electron chi connectivity index (χ3n) is 4.96. The van der Waals surface area contributed by atoms with Crippen LogP contribution >= 0.6 is 11.6 Å². The maximum atomic E-state index is 13.8. The Morgan fingerprint density at radius 2 is 1.79 bits per heavy atom. The van der Waals surface area contributed by atoms with Crippen LogP contribution in [0.25, 0.3) is 11.3 Å². The SMILES string of the molecule is O=C(c1cc(-c2ccc(Cl)cc2)n[nH]1)N1CCN(Cc2ccccc2F)CC1. The standard InChI is InChI=1S/C21H20ClFN4O/c22-17-7-5-15(6-8-17)19-13-20(25-24-19)21(28)27-11-9-26(10-12-27)14-16-3-1-2-4-18(16)23/h1-8,13H,9-12,14H2,(H,24,25). The van der Waals surface area contributed by atoms with Gasteiger partial charge in [-0.25, -0.2) is 4.39 Å². The number of hydrogen-bond acceptors (Lipinski definition) is 3. The minimum absolute atomic E-state index is 0.0711. The molecule has 1 saturated heterocycles. The number of H-pyrrole nitrogens is 1. The van der Waals surface area contributed by atoms with Crippen LogP contribution in [0.5, 0.6) is 0 Å². The minimum Gasteiger partial charge on any atom is -0.335 e. The second kappa shape index (κ2) is 8.12. The first-order valence-electron chi connectivity index (χ1n) is 9.16. The Hall–Kier alpha value is -2.70. The zero-order chi connectivity index (χ0) is 19.5. The normalized spacial score (nSPS) is 15.0. The Kier molecular flexibility index (Phi) is 5.41. The number of aromatic nitrogens is 2. The summed E-state index contributed by atoms with van der Waals surface area (Å²) < 4.78 is 13.8. The largest absolute Gasteiger partial charge is 0.335 e. The van der Waals surface area contributed by atoms with Crippen LogP contribution in [0.4, 0.5) is 4.39 Å². The summed E-state index contributed by atoms with van der Waals surface area (Å²) in [5.74, 6) is -0.258. The van der Waals surface area contributed by atoms with Gasteiger partial charge in [0.05, 0.1) is 5.69 Å². The number of nitrogens with zero attached hydrogens (tertiary/aromatic N) is 3. The molecule has 1 aliphatic heterocycles. The average molecular weight is 399 g/mol. The molecule has 1 aliphatic rings. The molecular formula is C21H20ClFN4O. The fourth-order valence-corrected chi connectivity index (χ4v) is 3.47. The van der Waals surface area contributed by atoms with E-state index in [1.165, 1.54) is 6.07 Å². The van der Waals surface area contributed by atoms with Crippen LogP contribution in [0.3, 0.4) is 0 Å². The second-order valence-corrected chi connectivity index (χ2v) is 7.27. The number of amides is 1. The summed E-state index contributed by atoms with van der Waals surface area (Å²) in [5.41, 5.74) is 2.75. The van der Waals surface area contributed by atoms with Crippen LogP contribution in [0.15, 0.2) is 54.6 Å². The van der Waals surface area contributed by atoms with Crippen molar-refractivity contribution in [3.8, 4) is 11.3 Å². The third kappa shape index (κ3) is 4.08. The molecule has 0 saturated carbocycles. The molecule has 0 spiro atoms. The first kappa shape index (κ1) is 18.7. The first-order chi connectivity index (χ1) is 13.6. The Balaban J connectivity index is 1.36. The average Bonchev–Trinajstić information content (AvgIpc) is 3.20. The van der Waals surface area contributed by atoms with E-state index in [1.54, 1.807) is 35.2 Å². The van der Waals surface area contributed by atoms with E-state index in [0.29, 0.717) is 54.7 Å². The van der Waals surface area contributed by atoms with E-state index in [-0.39, 0.29) is 11.7 Å². The van der Waals surface area contributed by atoms with Gasteiger partial charge in [0, 0.05) is 48.9 Å². The molecule has 1 fully saturated rings. The van der Waals surface area contributed by atoms with E-state index in [4.69, 9.17) is 11.6 Å². The van der Waals surface area contributed by atoms with Crippen molar-refractivity contribution < 1.29 is 9.18 Å². The minimum atomic E-state index is -0.187. The van der Waals surface area contributed by atoms with Crippen LogP contribution in [0.2, 0.25) is 5.02 Å². The predicted molar refractivity (Wildman–Crippen MR) is 107 cm³/mol. The van der Waals surface area contributed by atoms with Crippen molar-refractivity contribution in [1.82, 2.24) is 20.0 Å². The van der Waals surface area contributed by atoms with Crippen molar-refractivity contribution in [3.05, 3.63) is 76.7 Å². The van der Waals surface area contributed by atoms with Gasteiger partial charge in [-0.3, -0.25) is 14.8 Å². The van der Waals surface area contributed by atoms with E-state index in [0.717, 1.165) is 5.56 Å². The molecule has 144 valence electrons. The molecule has 0 atom stereocenters. The number of carbonyl (C=O) groups excluding carboxylic acids is 1. The van der Waals surface area contributed by atoms with E-state index >= 15 is 0 Å². The van der Waals surface area contributed by atoms with Gasteiger partial charge < -0.3 is 4.90 Å². The molecule has 5 nitrogen and oxygen atoms in total. The molecule has 0 radical (unpaired) electrons. The van der Waals surface area contributed by atoms with Crippen LogP contribution in [-0.4, -0.2) is 52.1 Å². The molecule has 0 aliphatic carbocycles. The summed E-state index contributed by atoms with van der Waals surface area (Å²) in [5, 5.41) is 7.74. The predicted octanol–water partition coefficient (Wildman–Crippen LogP) is 3.83. The van der Waals surface area contributed by atoms with Gasteiger partial charge in [0.25, 0.3) is 5.91 Å². The monoisotopic (exact) mass is 398 g/mol. The highest BCUT2D eigenvalue weighted by molar-refractivity contribution is 6.30. The number of hydrogen-bond donors (Lipinski definition) is 1. The molecule has 1 aromatic heterocycles. The summed E-state index contributed by atoms with van der Waals surface area (Å²) in [6.07, 6.45) is 0. The van der Waals surface area contributed by atoms with Crippen molar-refractivity contribution in [2.45, 2.75) is 6.54 Å². The summed E-state index contributed by atoms with van der Waals surface area (Å²) in [7, 11) is 0. The smallest absolute Gasteiger partial charge is 0.271 e. The molecule has 1 N–H and O–H groups in total. The zero-order valence-corrected chi connectivity index (χ0v) is 16.0. The lowest BCUT2D eigenvalue weighted by atomic mass is 10.1. The molecular weight excluding hydrogens is 379 g/mol. The van der Waals surface area contributed by atoms with Crippen molar-refractivity contribution in [3.63, 3.8) is 0 Å². The lowest BCUT2D eigenvalue weighted by Gasteiger charge is -2.34. The molecule has 2 heterocycles. The first-order valence-corrected chi connectivity index (χ1v) is 9.54. The Morgan fingerprint density at radius 1 is 1.07 bits per heavy atom. The van der Waals surface area contributed by atoms with Gasteiger partial charge in [-0.1, -0.05) is 41.9 Å². The summed E-state index contributed by atoms with van der Waals surface area (Å²) in [6, 6.07) is 15.9. The molecule has 28 heavy (non-hydrogen) atoms. The molecule has 0 unspecified atom stereocenters. The van der Waals surface area contributed by atoms with E-state index < -0.39 is 0 Å². The van der Waals surface area contributed by atoms with Crippen molar-refractivity contribution in [2.75, 3.05) is 26.2 Å². The van der Waals surface area contributed by atoms with Crippen molar-refractivity contribution in [2.24, 2.45) is 0 Å². The van der Waals surface area contributed by atoms with Crippen LogP contribution in [0, 0.1) is 5.82 Å². The summed E-state index contributed by atoms with van der Waals surface area (Å²) in [6.45, 7) is 3.17. The quantitative estimate of drug-likeness (QED) is 0.726. The topological polar surface area (TPSA) is 52.2 Å². The zero-order valence-electron chi connectivity index (χ0n) is 15.2. The Labute approximate surface area is 167 Å². The molecule has 0 bridgehead atoms. The van der Waals surface area contributed by atoms with Crippen LogP contribution < -0.4 is 0 Å². The molecule has 3 aromatic rings. The summed E-state index contributed by atoms with van der Waals surface area (Å²) >= 11 is 5.91. The van der Waals surface area contributed by atoms with Gasteiger partial charge >= 0.3 is 0 Å². The Morgan fingerprint density at radius 3 is 2.50 bits per heavy atom. The molecule has 2 aromatic carbocycles. The fourth-order valence-electron chi connectivity index (χ4n) is 3.35. The molecule has 1 amide bonds. The number of rotatable bonds is 4. The number of carbonyl (C=O) groups is 1. The maximum Gasteiger partial charge on any atom is 0.271 e. The number of aromatic amines is 1. The van der Waals surface area contributed by atoms with Crippen molar-refractivity contribution in [1.29, 1.82) is 0 Å². The van der Waals surface area contributed by atoms with E-state index in [9.17, 15) is 9.18 Å². The maximum absolute atomic E-state index is 13.8. The van der Waals surface area contributed by atoms with Gasteiger partial charge in [0.15, 0.2) is 0 Å². The van der Waals surface area contributed by atoms with Crippen LogP contribution in [-0.2, 0) is 6.54 Å². The van der Waals surface area contributed by atoms with Gasteiger partial charge in [-0.15, -0.1) is 0 Å². The highest BCUT2D eigenvalue weighted by Gasteiger charge is 2.24. The van der Waals surface area contributed by atoms with E-state index in [1.807, 2.05) is 18.2 Å². The van der Waals surface area contributed by atoms with E-state index in [2.05, 4.69) is 15.1 Å². The third-order valence-corrected chi connectivity index (χ3v) is 5.21. The lowest BCUT2D eigenvalue weighted by molar-refractivity contribution is 0.0621. The second-order valence-electron chi connectivity index (χ2n) is 6.83. The van der Waals surface area contributed by atoms with Gasteiger partial charge in [-0.05, 0) is 24.3 Å². The highest BCUT2D eigenvalue weighted by Crippen LogP contribution is 2.21. The van der Waals surface area contributed by atoms with Gasteiger partial charge in [0.2, 0.25) is 0 Å². The van der Waals surface area contributed by atoms with Gasteiger partial charge in [-0.2, -0.15) is 5.10 Å². The lowest BCUT2D eigenvalue weighted by Crippen LogP contribution is -2.48. The highest BCUT2D eigenvalue weighted by atomic mass is 35.5. The van der Waals surface area contributed by atoms with Gasteiger partial charge in [0.1, 0.15) is 11.5 Å². The fraction of sp³-hybridized carbons (Fsp3) is 0.238. The Bertz CT molecular complexity index is 965. The molecule has 4 rings (SSSR count).